The minimum atomic E-state index is -0.225. The van der Waals surface area contributed by atoms with Crippen LogP contribution in [-0.4, -0.2) is 37.2 Å². The fraction of sp³-hybridized carbons (Fsp3) is 0.708. The lowest BCUT2D eigenvalue weighted by atomic mass is 10.0. The van der Waals surface area contributed by atoms with E-state index in [0.29, 0.717) is 18.5 Å². The number of hydrogen-bond acceptors (Lipinski definition) is 5. The third-order valence-corrected chi connectivity index (χ3v) is 6.09. The molecule has 1 aromatic carbocycles. The maximum atomic E-state index is 12.6. The van der Waals surface area contributed by atoms with Gasteiger partial charge in [0.1, 0.15) is 12.1 Å². The average Bonchev–Trinajstić information content (AvgIpc) is 3.24. The predicted octanol–water partition coefficient (Wildman–Crippen LogP) is 3.52. The van der Waals surface area contributed by atoms with Gasteiger partial charge in [0.15, 0.2) is 0 Å². The predicted molar refractivity (Wildman–Crippen MR) is 118 cm³/mol. The normalized spacial score (nSPS) is 19.6. The molecule has 1 atom stereocenters. The molecule has 162 valence electrons. The Hall–Kier alpha value is -1.43. The van der Waals surface area contributed by atoms with Crippen LogP contribution in [0.2, 0.25) is 0 Å². The van der Waals surface area contributed by atoms with Crippen LogP contribution in [-0.2, 0) is 22.6 Å². The Kier molecular flexibility index (Phi) is 8.96. The van der Waals surface area contributed by atoms with Crippen LogP contribution >= 0.6 is 0 Å². The van der Waals surface area contributed by atoms with Crippen molar-refractivity contribution < 1.29 is 9.53 Å². The molecule has 0 radical (unpaired) electrons. The number of piperidine rings is 1. The lowest BCUT2D eigenvalue weighted by molar-refractivity contribution is -0.151. The van der Waals surface area contributed by atoms with Crippen molar-refractivity contribution in [1.82, 2.24) is 16.0 Å². The maximum Gasteiger partial charge on any atom is 0.323 e. The van der Waals surface area contributed by atoms with Crippen molar-refractivity contribution in [2.24, 2.45) is 5.92 Å². The second kappa shape index (κ2) is 11.7. The highest BCUT2D eigenvalue weighted by Crippen LogP contribution is 2.22. The Labute approximate surface area is 176 Å². The number of rotatable bonds is 10. The number of hydrogen-bond donors (Lipinski definition) is 3. The van der Waals surface area contributed by atoms with E-state index in [1.807, 2.05) is 0 Å². The Morgan fingerprint density at radius 1 is 1.03 bits per heavy atom. The van der Waals surface area contributed by atoms with Gasteiger partial charge in [-0.25, -0.2) is 0 Å². The van der Waals surface area contributed by atoms with Crippen molar-refractivity contribution in [2.45, 2.75) is 90.1 Å². The van der Waals surface area contributed by atoms with E-state index in [1.165, 1.54) is 36.8 Å². The van der Waals surface area contributed by atoms with E-state index in [4.69, 9.17) is 4.74 Å². The van der Waals surface area contributed by atoms with Gasteiger partial charge in [0.05, 0.1) is 0 Å². The molecule has 0 unspecified atom stereocenters. The third kappa shape index (κ3) is 7.72. The zero-order valence-electron chi connectivity index (χ0n) is 18.2. The smallest absolute Gasteiger partial charge is 0.323 e. The van der Waals surface area contributed by atoms with Gasteiger partial charge in [0, 0.05) is 19.1 Å². The van der Waals surface area contributed by atoms with Crippen molar-refractivity contribution in [3.63, 3.8) is 0 Å². The topological polar surface area (TPSA) is 62.4 Å². The first-order chi connectivity index (χ1) is 14.1. The fourth-order valence-electron chi connectivity index (χ4n) is 4.29. The molecule has 0 spiro atoms. The standard InChI is InChI=1S/C24H39N3O2/c1-18(2)15-23(24(28)29-22-5-3-4-6-22)27-17-20-9-7-19(8-10-20)16-26-21-11-13-25-14-12-21/h7-10,18,21-23,25-27H,3-6,11-17H2,1-2H3/t23-/m0/s1. The Morgan fingerprint density at radius 3 is 2.28 bits per heavy atom. The van der Waals surface area contributed by atoms with Crippen LogP contribution in [0.1, 0.15) is 69.9 Å². The average molecular weight is 402 g/mol. The van der Waals surface area contributed by atoms with Gasteiger partial charge in [0.2, 0.25) is 0 Å². The van der Waals surface area contributed by atoms with Gasteiger partial charge in [-0.05, 0) is 75.1 Å². The van der Waals surface area contributed by atoms with E-state index in [-0.39, 0.29) is 18.1 Å². The number of benzene rings is 1. The molecule has 2 fully saturated rings. The molecule has 1 aliphatic heterocycles. The summed E-state index contributed by atoms with van der Waals surface area (Å²) in [4.78, 5) is 12.6. The summed E-state index contributed by atoms with van der Waals surface area (Å²) in [5.41, 5.74) is 2.52. The molecule has 5 heteroatoms. The summed E-state index contributed by atoms with van der Waals surface area (Å²) in [5.74, 6) is 0.375. The van der Waals surface area contributed by atoms with E-state index in [9.17, 15) is 4.79 Å². The van der Waals surface area contributed by atoms with Crippen LogP contribution in [0, 0.1) is 5.92 Å². The number of carbonyl (C=O) groups excluding carboxylic acids is 1. The minimum Gasteiger partial charge on any atom is -0.461 e. The highest BCUT2D eigenvalue weighted by Gasteiger charge is 2.26. The van der Waals surface area contributed by atoms with Crippen LogP contribution in [0.25, 0.3) is 0 Å². The van der Waals surface area contributed by atoms with E-state index < -0.39 is 0 Å². The zero-order chi connectivity index (χ0) is 20.5. The zero-order valence-corrected chi connectivity index (χ0v) is 18.2. The summed E-state index contributed by atoms with van der Waals surface area (Å²) >= 11 is 0. The minimum absolute atomic E-state index is 0.0756. The molecule has 1 saturated heterocycles. The van der Waals surface area contributed by atoms with Crippen LogP contribution in [0.15, 0.2) is 24.3 Å². The lowest BCUT2D eigenvalue weighted by Crippen LogP contribution is -2.40. The number of nitrogens with one attached hydrogen (secondary N) is 3. The molecule has 29 heavy (non-hydrogen) atoms. The number of carbonyl (C=O) groups is 1. The second-order valence-corrected chi connectivity index (χ2v) is 9.13. The first-order valence-corrected chi connectivity index (χ1v) is 11.6. The third-order valence-electron chi connectivity index (χ3n) is 6.09. The number of esters is 1. The van der Waals surface area contributed by atoms with E-state index in [1.54, 1.807) is 0 Å². The largest absolute Gasteiger partial charge is 0.461 e. The van der Waals surface area contributed by atoms with Gasteiger partial charge in [0.25, 0.3) is 0 Å². The summed E-state index contributed by atoms with van der Waals surface area (Å²) in [6.45, 7) is 8.15. The highest BCUT2D eigenvalue weighted by molar-refractivity contribution is 5.76. The van der Waals surface area contributed by atoms with Gasteiger partial charge in [-0.3, -0.25) is 4.79 Å². The van der Waals surface area contributed by atoms with Gasteiger partial charge in [-0.2, -0.15) is 0 Å². The highest BCUT2D eigenvalue weighted by atomic mass is 16.5. The molecule has 0 aromatic heterocycles. The molecule has 3 rings (SSSR count). The van der Waals surface area contributed by atoms with Crippen molar-refractivity contribution in [3.05, 3.63) is 35.4 Å². The molecule has 2 aliphatic rings. The van der Waals surface area contributed by atoms with E-state index >= 15 is 0 Å². The number of ether oxygens (including phenoxy) is 1. The molecule has 5 nitrogen and oxygen atoms in total. The van der Waals surface area contributed by atoms with Crippen LogP contribution < -0.4 is 16.0 Å². The first-order valence-electron chi connectivity index (χ1n) is 11.6. The van der Waals surface area contributed by atoms with Crippen molar-refractivity contribution in [3.8, 4) is 0 Å². The summed E-state index contributed by atoms with van der Waals surface area (Å²) in [6, 6.07) is 9.12. The SMILES string of the molecule is CC(C)C[C@H](NCc1ccc(CNC2CCNCC2)cc1)C(=O)OC1CCCC1. The van der Waals surface area contributed by atoms with Gasteiger partial charge < -0.3 is 20.7 Å². The Bertz CT molecular complexity index is 605. The Balaban J connectivity index is 1.45. The summed E-state index contributed by atoms with van der Waals surface area (Å²) in [6.07, 6.45) is 7.75. The van der Waals surface area contributed by atoms with Crippen LogP contribution in [0.5, 0.6) is 0 Å². The van der Waals surface area contributed by atoms with Gasteiger partial charge >= 0.3 is 5.97 Å². The fourth-order valence-corrected chi connectivity index (χ4v) is 4.29. The van der Waals surface area contributed by atoms with Crippen LogP contribution in [0.3, 0.4) is 0 Å². The molecule has 0 amide bonds. The van der Waals surface area contributed by atoms with Crippen molar-refractivity contribution >= 4 is 5.97 Å². The molecule has 1 aliphatic carbocycles. The monoisotopic (exact) mass is 401 g/mol. The summed E-state index contributed by atoms with van der Waals surface area (Å²) < 4.78 is 5.76. The molecule has 1 aromatic rings. The summed E-state index contributed by atoms with van der Waals surface area (Å²) in [5, 5.41) is 10.5. The van der Waals surface area contributed by atoms with E-state index in [2.05, 4.69) is 54.1 Å². The van der Waals surface area contributed by atoms with Crippen molar-refractivity contribution in [2.75, 3.05) is 13.1 Å². The Morgan fingerprint density at radius 2 is 1.66 bits per heavy atom. The summed E-state index contributed by atoms with van der Waals surface area (Å²) in [7, 11) is 0. The quantitative estimate of drug-likeness (QED) is 0.524. The van der Waals surface area contributed by atoms with Crippen molar-refractivity contribution in [1.29, 1.82) is 0 Å². The molecular formula is C24H39N3O2. The van der Waals surface area contributed by atoms with Gasteiger partial charge in [-0.1, -0.05) is 38.1 Å². The molecule has 3 N–H and O–H groups in total. The van der Waals surface area contributed by atoms with Gasteiger partial charge in [-0.15, -0.1) is 0 Å². The molecule has 1 saturated carbocycles. The van der Waals surface area contributed by atoms with E-state index in [0.717, 1.165) is 38.9 Å². The molecule has 1 heterocycles. The molecule has 0 bridgehead atoms. The second-order valence-electron chi connectivity index (χ2n) is 9.13. The lowest BCUT2D eigenvalue weighted by Gasteiger charge is -2.24. The first kappa shape index (κ1) is 22.3. The van der Waals surface area contributed by atoms with Crippen LogP contribution in [0.4, 0.5) is 0 Å². The maximum absolute atomic E-state index is 12.6. The molecular weight excluding hydrogens is 362 g/mol.